The van der Waals surface area contributed by atoms with Crippen molar-refractivity contribution < 1.29 is 4.79 Å². The van der Waals surface area contributed by atoms with Crippen molar-refractivity contribution in [1.29, 1.82) is 0 Å². The highest BCUT2D eigenvalue weighted by molar-refractivity contribution is 5.77. The van der Waals surface area contributed by atoms with Crippen LogP contribution in [-0.2, 0) is 4.79 Å². The third-order valence-electron chi connectivity index (χ3n) is 4.94. The van der Waals surface area contributed by atoms with Crippen LogP contribution in [0.15, 0.2) is 9.98 Å². The fraction of sp³-hybridized carbons (Fsp3) is 0.889. The molecule has 0 N–H and O–H groups in total. The van der Waals surface area contributed by atoms with Crippen molar-refractivity contribution in [3.8, 4) is 0 Å². The average molecular weight is 305 g/mol. The second-order valence-corrected chi connectivity index (χ2v) is 6.86. The summed E-state index contributed by atoms with van der Waals surface area (Å²) in [4.78, 5) is 21.2. The lowest BCUT2D eigenvalue weighted by molar-refractivity contribution is -0.126. The molecular weight excluding hydrogens is 274 g/mol. The van der Waals surface area contributed by atoms with Gasteiger partial charge in [0.1, 0.15) is 0 Å². The van der Waals surface area contributed by atoms with E-state index in [0.29, 0.717) is 18.0 Å². The van der Waals surface area contributed by atoms with E-state index in [9.17, 15) is 4.79 Å². The molecule has 3 aliphatic rings. The maximum atomic E-state index is 10.5. The van der Waals surface area contributed by atoms with Crippen molar-refractivity contribution in [2.45, 2.75) is 89.1 Å². The van der Waals surface area contributed by atoms with Gasteiger partial charge >= 0.3 is 0 Å². The van der Waals surface area contributed by atoms with E-state index in [1.54, 1.807) is 4.90 Å². The van der Waals surface area contributed by atoms with Crippen LogP contribution in [0.4, 0.5) is 0 Å². The first kappa shape index (κ1) is 17.2. The quantitative estimate of drug-likeness (QED) is 0.709. The lowest BCUT2D eigenvalue weighted by Gasteiger charge is -2.17. The standard InChI is InChI=1S/C13H22N2.C5H9NO/c1-3-7-12(8-4-1)14-11-15-13-9-5-2-6-10-13;1-6-4-2-3-5(6)7/h12-13H,1-10H2;2-4H2,1H3. The largest absolute Gasteiger partial charge is 0.346 e. The molecule has 22 heavy (non-hydrogen) atoms. The molecule has 0 radical (unpaired) electrons. The summed E-state index contributed by atoms with van der Waals surface area (Å²) < 4.78 is 0. The SMILES string of the molecule is C(=NC1CCCCC1)=NC1CCCCC1.CN1CCCC1=O. The number of nitrogens with zero attached hydrogens (tertiary/aromatic N) is 3. The van der Waals surface area contributed by atoms with Crippen LogP contribution in [0.25, 0.3) is 0 Å². The maximum Gasteiger partial charge on any atom is 0.222 e. The molecule has 3 rings (SSSR count). The molecule has 1 heterocycles. The van der Waals surface area contributed by atoms with Crippen molar-refractivity contribution in [1.82, 2.24) is 4.90 Å². The molecule has 0 unspecified atom stereocenters. The predicted molar refractivity (Wildman–Crippen MR) is 90.5 cm³/mol. The van der Waals surface area contributed by atoms with Crippen molar-refractivity contribution in [3.05, 3.63) is 0 Å². The number of hydrogen-bond donors (Lipinski definition) is 0. The van der Waals surface area contributed by atoms with Gasteiger partial charge in [0.15, 0.2) is 0 Å². The minimum Gasteiger partial charge on any atom is -0.346 e. The highest BCUT2D eigenvalue weighted by Gasteiger charge is 2.14. The van der Waals surface area contributed by atoms with E-state index in [-0.39, 0.29) is 0 Å². The highest BCUT2D eigenvalue weighted by atomic mass is 16.2. The summed E-state index contributed by atoms with van der Waals surface area (Å²) in [6.45, 7) is 0.957. The Morgan fingerprint density at radius 3 is 1.68 bits per heavy atom. The first-order valence-corrected chi connectivity index (χ1v) is 9.14. The van der Waals surface area contributed by atoms with Gasteiger partial charge in [0.25, 0.3) is 0 Å². The van der Waals surface area contributed by atoms with Gasteiger partial charge in [0.2, 0.25) is 5.91 Å². The molecule has 0 aromatic rings. The van der Waals surface area contributed by atoms with Gasteiger partial charge < -0.3 is 4.90 Å². The summed E-state index contributed by atoms with van der Waals surface area (Å²) in [6, 6.07) is 4.04. The van der Waals surface area contributed by atoms with Crippen LogP contribution in [0.3, 0.4) is 0 Å². The van der Waals surface area contributed by atoms with Gasteiger partial charge in [-0.3, -0.25) is 4.79 Å². The van der Waals surface area contributed by atoms with E-state index in [2.05, 4.69) is 16.0 Å². The third-order valence-corrected chi connectivity index (χ3v) is 4.94. The average Bonchev–Trinajstić information content (AvgIpc) is 2.94. The molecule has 4 nitrogen and oxygen atoms in total. The second-order valence-electron chi connectivity index (χ2n) is 6.86. The van der Waals surface area contributed by atoms with Crippen molar-refractivity contribution >= 4 is 11.9 Å². The van der Waals surface area contributed by atoms with E-state index in [1.807, 2.05) is 7.05 Å². The van der Waals surface area contributed by atoms with Gasteiger partial charge in [-0.2, -0.15) is 0 Å². The minimum atomic E-state index is 0.292. The molecule has 0 bridgehead atoms. The van der Waals surface area contributed by atoms with E-state index in [4.69, 9.17) is 0 Å². The summed E-state index contributed by atoms with van der Waals surface area (Å²) in [5.74, 6) is 0.292. The second kappa shape index (κ2) is 9.78. The Labute approximate surface area is 135 Å². The van der Waals surface area contributed by atoms with E-state index >= 15 is 0 Å². The lowest BCUT2D eigenvalue weighted by atomic mass is 9.96. The molecule has 0 spiro atoms. The molecule has 1 aliphatic heterocycles. The monoisotopic (exact) mass is 305 g/mol. The summed E-state index contributed by atoms with van der Waals surface area (Å²) in [5, 5.41) is 0. The van der Waals surface area contributed by atoms with Crippen molar-refractivity contribution in [3.63, 3.8) is 0 Å². The van der Waals surface area contributed by atoms with Gasteiger partial charge in [-0.25, -0.2) is 9.98 Å². The van der Waals surface area contributed by atoms with Gasteiger partial charge in [-0.15, -0.1) is 0 Å². The van der Waals surface area contributed by atoms with Gasteiger partial charge in [-0.05, 0) is 32.1 Å². The number of amides is 1. The Bertz CT molecular complexity index is 367. The number of carbonyl (C=O) groups is 1. The lowest BCUT2D eigenvalue weighted by Crippen LogP contribution is -2.17. The fourth-order valence-corrected chi connectivity index (χ4v) is 3.40. The number of aliphatic imine (C=N–C) groups is 2. The zero-order chi connectivity index (χ0) is 15.6. The molecule has 4 heteroatoms. The summed E-state index contributed by atoms with van der Waals surface area (Å²) >= 11 is 0. The van der Waals surface area contributed by atoms with Crippen LogP contribution < -0.4 is 0 Å². The number of rotatable bonds is 2. The smallest absolute Gasteiger partial charge is 0.222 e. The number of likely N-dealkylation sites (tertiary alicyclic amines) is 1. The predicted octanol–water partition coefficient (Wildman–Crippen LogP) is 4.06. The molecule has 2 saturated carbocycles. The first-order valence-electron chi connectivity index (χ1n) is 9.14. The molecular formula is C18H31N3O. The molecule has 1 amide bonds. The molecule has 1 saturated heterocycles. The van der Waals surface area contributed by atoms with Crippen molar-refractivity contribution in [2.24, 2.45) is 9.98 Å². The van der Waals surface area contributed by atoms with E-state index < -0.39 is 0 Å². The van der Waals surface area contributed by atoms with Crippen LogP contribution in [0.5, 0.6) is 0 Å². The molecule has 0 aromatic carbocycles. The van der Waals surface area contributed by atoms with Gasteiger partial charge in [0, 0.05) is 20.0 Å². The summed E-state index contributed by atoms with van der Waals surface area (Å²) in [6.07, 6.45) is 15.0. The normalized spacial score (nSPS) is 23.5. The highest BCUT2D eigenvalue weighted by Crippen LogP contribution is 2.21. The van der Waals surface area contributed by atoms with Crippen LogP contribution in [0.1, 0.15) is 77.0 Å². The van der Waals surface area contributed by atoms with Crippen LogP contribution in [0.2, 0.25) is 0 Å². The summed E-state index contributed by atoms with van der Waals surface area (Å²) in [5.41, 5.74) is 0. The summed E-state index contributed by atoms with van der Waals surface area (Å²) in [7, 11) is 1.84. The molecule has 124 valence electrons. The minimum absolute atomic E-state index is 0.292. The Hall–Kier alpha value is -1.15. The Balaban J connectivity index is 0.000000211. The molecule has 2 aliphatic carbocycles. The number of carbonyl (C=O) groups excluding carboxylic acids is 1. The zero-order valence-electron chi connectivity index (χ0n) is 14.1. The first-order chi connectivity index (χ1) is 10.8. The van der Waals surface area contributed by atoms with Gasteiger partial charge in [0.05, 0.1) is 18.1 Å². The molecule has 0 aromatic heterocycles. The van der Waals surface area contributed by atoms with E-state index in [0.717, 1.165) is 19.4 Å². The van der Waals surface area contributed by atoms with E-state index in [1.165, 1.54) is 64.2 Å². The van der Waals surface area contributed by atoms with Crippen LogP contribution >= 0.6 is 0 Å². The Kier molecular flexibility index (Phi) is 7.65. The zero-order valence-corrected chi connectivity index (χ0v) is 14.1. The number of hydrogen-bond acceptors (Lipinski definition) is 3. The Morgan fingerprint density at radius 1 is 0.864 bits per heavy atom. The van der Waals surface area contributed by atoms with Gasteiger partial charge in [-0.1, -0.05) is 38.5 Å². The Morgan fingerprint density at radius 2 is 1.36 bits per heavy atom. The van der Waals surface area contributed by atoms with Crippen LogP contribution in [-0.4, -0.2) is 42.5 Å². The molecule has 0 atom stereocenters. The maximum absolute atomic E-state index is 10.5. The molecule has 3 fully saturated rings. The van der Waals surface area contributed by atoms with Crippen LogP contribution in [0, 0.1) is 0 Å². The van der Waals surface area contributed by atoms with Crippen molar-refractivity contribution in [2.75, 3.05) is 13.6 Å². The third kappa shape index (κ3) is 6.31. The topological polar surface area (TPSA) is 45.0 Å². The fourth-order valence-electron chi connectivity index (χ4n) is 3.40.